The van der Waals surface area contributed by atoms with Gasteiger partial charge in [0.2, 0.25) is 0 Å². The van der Waals surface area contributed by atoms with Crippen molar-refractivity contribution in [3.63, 3.8) is 0 Å². The van der Waals surface area contributed by atoms with E-state index in [1.54, 1.807) is 49.5 Å². The maximum atomic E-state index is 12.6. The molecule has 0 unspecified atom stereocenters. The second-order valence-electron chi connectivity index (χ2n) is 6.14. The van der Waals surface area contributed by atoms with Crippen LogP contribution in [0, 0.1) is 0 Å². The lowest BCUT2D eigenvalue weighted by Crippen LogP contribution is -2.23. The van der Waals surface area contributed by atoms with Crippen LogP contribution in [0.15, 0.2) is 58.4 Å². The summed E-state index contributed by atoms with van der Waals surface area (Å²) in [7, 11) is 2.89. The number of esters is 1. The SMILES string of the molecule is COC(=O)COc1cccc(/C=C2/SC(=Nc3ccc(C(=O)[O-])cc3)N(C)C2=O)c1. The van der Waals surface area contributed by atoms with Crippen molar-refractivity contribution >= 4 is 46.5 Å². The van der Waals surface area contributed by atoms with E-state index < -0.39 is 11.9 Å². The molecule has 0 aromatic heterocycles. The van der Waals surface area contributed by atoms with Gasteiger partial charge < -0.3 is 19.4 Å². The summed E-state index contributed by atoms with van der Waals surface area (Å²) in [5.41, 5.74) is 1.29. The number of hydrogen-bond donors (Lipinski definition) is 0. The largest absolute Gasteiger partial charge is 0.545 e. The monoisotopic (exact) mass is 425 g/mol. The van der Waals surface area contributed by atoms with Crippen LogP contribution in [0.3, 0.4) is 0 Å². The molecule has 0 spiro atoms. The number of carboxylic acid groups (broad SMARTS) is 1. The molecule has 1 heterocycles. The molecule has 8 nitrogen and oxygen atoms in total. The second-order valence-corrected chi connectivity index (χ2v) is 7.15. The molecule has 1 fully saturated rings. The first-order valence-corrected chi connectivity index (χ1v) is 9.56. The van der Waals surface area contributed by atoms with Crippen molar-refractivity contribution < 1.29 is 29.0 Å². The van der Waals surface area contributed by atoms with Crippen molar-refractivity contribution in [3.8, 4) is 5.75 Å². The Morgan fingerprint density at radius 2 is 1.93 bits per heavy atom. The van der Waals surface area contributed by atoms with Crippen molar-refractivity contribution in [1.82, 2.24) is 4.90 Å². The van der Waals surface area contributed by atoms with Gasteiger partial charge in [-0.3, -0.25) is 9.69 Å². The van der Waals surface area contributed by atoms with Crippen molar-refractivity contribution in [2.24, 2.45) is 4.99 Å². The van der Waals surface area contributed by atoms with Gasteiger partial charge in [0, 0.05) is 7.05 Å². The van der Waals surface area contributed by atoms with Crippen molar-refractivity contribution in [3.05, 3.63) is 64.6 Å². The molecule has 154 valence electrons. The number of carboxylic acids is 1. The predicted octanol–water partition coefficient (Wildman–Crippen LogP) is 1.84. The van der Waals surface area contributed by atoms with E-state index in [4.69, 9.17) is 4.74 Å². The molecule has 0 saturated carbocycles. The number of amides is 1. The molecule has 9 heteroatoms. The lowest BCUT2D eigenvalue weighted by molar-refractivity contribution is -0.255. The topological polar surface area (TPSA) is 108 Å². The summed E-state index contributed by atoms with van der Waals surface area (Å²) in [6.45, 7) is -0.208. The minimum atomic E-state index is -1.26. The third kappa shape index (κ3) is 5.06. The van der Waals surface area contributed by atoms with E-state index in [9.17, 15) is 19.5 Å². The summed E-state index contributed by atoms with van der Waals surface area (Å²) in [4.78, 5) is 40.9. The fraction of sp³-hybridized carbons (Fsp3) is 0.143. The maximum absolute atomic E-state index is 12.6. The molecule has 1 aliphatic rings. The summed E-state index contributed by atoms with van der Waals surface area (Å²) in [5, 5.41) is 11.3. The van der Waals surface area contributed by atoms with Crippen LogP contribution in [0.1, 0.15) is 15.9 Å². The summed E-state index contributed by atoms with van der Waals surface area (Å²) >= 11 is 1.20. The quantitative estimate of drug-likeness (QED) is 0.513. The number of ether oxygens (including phenoxy) is 2. The van der Waals surface area contributed by atoms with Gasteiger partial charge in [-0.1, -0.05) is 24.3 Å². The summed E-state index contributed by atoms with van der Waals surface area (Å²) < 4.78 is 9.90. The maximum Gasteiger partial charge on any atom is 0.343 e. The van der Waals surface area contributed by atoms with E-state index in [0.717, 1.165) is 5.56 Å². The highest BCUT2D eigenvalue weighted by molar-refractivity contribution is 8.18. The Morgan fingerprint density at radius 1 is 1.20 bits per heavy atom. The van der Waals surface area contributed by atoms with Gasteiger partial charge >= 0.3 is 5.97 Å². The Kier molecular flexibility index (Phi) is 6.53. The molecular formula is C21H17N2O6S-. The third-order valence-corrected chi connectivity index (χ3v) is 5.13. The van der Waals surface area contributed by atoms with Crippen LogP contribution in [-0.2, 0) is 14.3 Å². The van der Waals surface area contributed by atoms with Gasteiger partial charge in [-0.2, -0.15) is 0 Å². The summed E-state index contributed by atoms with van der Waals surface area (Å²) in [5.74, 6) is -1.50. The number of amidine groups is 1. The van der Waals surface area contributed by atoms with E-state index in [0.29, 0.717) is 21.5 Å². The molecule has 0 bridgehead atoms. The average molecular weight is 425 g/mol. The number of rotatable bonds is 6. The second kappa shape index (κ2) is 9.27. The standard InChI is InChI=1S/C21H18N2O6S/c1-23-19(25)17(11-13-4-3-5-16(10-13)29-12-18(24)28-2)30-21(23)22-15-8-6-14(7-9-15)20(26)27/h3-11H,12H2,1-2H3,(H,26,27)/p-1/b17-11+,22-21?. The van der Waals surface area contributed by atoms with Gasteiger partial charge in [0.15, 0.2) is 11.8 Å². The van der Waals surface area contributed by atoms with Crippen molar-refractivity contribution in [2.45, 2.75) is 0 Å². The minimum Gasteiger partial charge on any atom is -0.545 e. The first-order valence-electron chi connectivity index (χ1n) is 8.75. The molecule has 0 N–H and O–H groups in total. The lowest BCUT2D eigenvalue weighted by Gasteiger charge is -2.07. The third-order valence-electron chi connectivity index (χ3n) is 4.07. The molecule has 0 atom stereocenters. The number of thioether (sulfide) groups is 1. The van der Waals surface area contributed by atoms with Gasteiger partial charge in [-0.05, 0) is 53.2 Å². The predicted molar refractivity (Wildman–Crippen MR) is 110 cm³/mol. The van der Waals surface area contributed by atoms with Crippen LogP contribution in [-0.4, -0.2) is 48.7 Å². The van der Waals surface area contributed by atoms with Crippen LogP contribution in [0.2, 0.25) is 0 Å². The van der Waals surface area contributed by atoms with Crippen molar-refractivity contribution in [2.75, 3.05) is 20.8 Å². The number of carbonyl (C=O) groups excluding carboxylic acids is 3. The van der Waals surface area contributed by atoms with E-state index in [2.05, 4.69) is 9.73 Å². The van der Waals surface area contributed by atoms with E-state index in [1.807, 2.05) is 0 Å². The van der Waals surface area contributed by atoms with Gasteiger partial charge in [0.25, 0.3) is 5.91 Å². The molecule has 0 aliphatic carbocycles. The van der Waals surface area contributed by atoms with Crippen LogP contribution >= 0.6 is 11.8 Å². The Hall–Kier alpha value is -3.59. The van der Waals surface area contributed by atoms with E-state index in [1.165, 1.54) is 35.9 Å². The minimum absolute atomic E-state index is 0.0531. The highest BCUT2D eigenvalue weighted by Crippen LogP contribution is 2.33. The van der Waals surface area contributed by atoms with Crippen LogP contribution < -0.4 is 9.84 Å². The number of likely N-dealkylation sites (N-methyl/N-ethyl adjacent to an activating group) is 1. The van der Waals surface area contributed by atoms with Crippen LogP contribution in [0.25, 0.3) is 6.08 Å². The number of benzene rings is 2. The molecule has 1 aliphatic heterocycles. The zero-order chi connectivity index (χ0) is 21.7. The summed E-state index contributed by atoms with van der Waals surface area (Å²) in [6.07, 6.45) is 1.70. The number of carbonyl (C=O) groups is 3. The van der Waals surface area contributed by atoms with Gasteiger partial charge in [0.05, 0.1) is 23.7 Å². The van der Waals surface area contributed by atoms with Gasteiger partial charge in [0.1, 0.15) is 5.75 Å². The summed E-state index contributed by atoms with van der Waals surface area (Å²) in [6, 6.07) is 12.8. The molecule has 0 radical (unpaired) electrons. The molecule has 1 saturated heterocycles. The number of nitrogens with zero attached hydrogens (tertiary/aromatic N) is 2. The normalized spacial score (nSPS) is 16.2. The number of aromatic carboxylic acids is 1. The molecule has 30 heavy (non-hydrogen) atoms. The molecule has 2 aromatic rings. The Balaban J connectivity index is 1.77. The molecular weight excluding hydrogens is 408 g/mol. The van der Waals surface area contributed by atoms with Crippen molar-refractivity contribution in [1.29, 1.82) is 0 Å². The smallest absolute Gasteiger partial charge is 0.343 e. The Morgan fingerprint density at radius 3 is 2.60 bits per heavy atom. The highest BCUT2D eigenvalue weighted by atomic mass is 32.2. The number of methoxy groups -OCH3 is 1. The Labute approximate surface area is 176 Å². The zero-order valence-corrected chi connectivity index (χ0v) is 17.0. The van der Waals surface area contributed by atoms with Gasteiger partial charge in [-0.25, -0.2) is 9.79 Å². The van der Waals surface area contributed by atoms with E-state index in [-0.39, 0.29) is 18.1 Å². The molecule has 1 amide bonds. The molecule has 2 aromatic carbocycles. The van der Waals surface area contributed by atoms with Gasteiger partial charge in [-0.15, -0.1) is 0 Å². The Bertz CT molecular complexity index is 1050. The molecule has 3 rings (SSSR count). The first-order chi connectivity index (χ1) is 14.4. The van der Waals surface area contributed by atoms with Crippen LogP contribution in [0.5, 0.6) is 5.75 Å². The number of aliphatic imine (C=N–C) groups is 1. The highest BCUT2D eigenvalue weighted by Gasteiger charge is 2.30. The number of hydrogen-bond acceptors (Lipinski definition) is 8. The zero-order valence-electron chi connectivity index (χ0n) is 16.2. The lowest BCUT2D eigenvalue weighted by atomic mass is 10.2. The van der Waals surface area contributed by atoms with Crippen LogP contribution in [0.4, 0.5) is 5.69 Å². The average Bonchev–Trinajstić information content (AvgIpc) is 3.00. The first kappa shape index (κ1) is 21.1. The van der Waals surface area contributed by atoms with E-state index >= 15 is 0 Å². The fourth-order valence-corrected chi connectivity index (χ4v) is 3.47. The fourth-order valence-electron chi connectivity index (χ4n) is 2.48.